The van der Waals surface area contributed by atoms with Gasteiger partial charge in [-0.2, -0.15) is 0 Å². The summed E-state index contributed by atoms with van der Waals surface area (Å²) in [5, 5.41) is 0. The number of hydrogen-bond acceptors (Lipinski definition) is 7. The van der Waals surface area contributed by atoms with Gasteiger partial charge in [0.15, 0.2) is 11.5 Å². The van der Waals surface area contributed by atoms with Gasteiger partial charge in [0.25, 0.3) is 5.91 Å². The zero-order valence-electron chi connectivity index (χ0n) is 22.5. The highest BCUT2D eigenvalue weighted by Gasteiger charge is 2.22. The van der Waals surface area contributed by atoms with E-state index in [2.05, 4.69) is 9.88 Å². The summed E-state index contributed by atoms with van der Waals surface area (Å²) < 4.78 is 22.3. The van der Waals surface area contributed by atoms with Crippen molar-refractivity contribution in [3.05, 3.63) is 77.6 Å². The second-order valence-corrected chi connectivity index (χ2v) is 9.29. The Hall–Kier alpha value is -3.78. The molecule has 0 N–H and O–H groups in total. The summed E-state index contributed by atoms with van der Waals surface area (Å²) in [5.41, 5.74) is 2.23. The second kappa shape index (κ2) is 13.7. The van der Waals surface area contributed by atoms with Crippen LogP contribution in [0.5, 0.6) is 23.0 Å². The highest BCUT2D eigenvalue weighted by molar-refractivity contribution is 5.95. The summed E-state index contributed by atoms with van der Waals surface area (Å²) >= 11 is 0. The zero-order valence-corrected chi connectivity index (χ0v) is 22.5. The maximum absolute atomic E-state index is 13.8. The lowest BCUT2D eigenvalue weighted by atomic mass is 10.1. The first-order valence-corrected chi connectivity index (χ1v) is 13.0. The summed E-state index contributed by atoms with van der Waals surface area (Å²) in [6.45, 7) is 4.70. The van der Waals surface area contributed by atoms with Crippen LogP contribution in [-0.2, 0) is 13.1 Å². The van der Waals surface area contributed by atoms with Crippen molar-refractivity contribution in [3.8, 4) is 23.0 Å². The summed E-state index contributed by atoms with van der Waals surface area (Å²) in [6, 6.07) is 17.0. The third-order valence-corrected chi connectivity index (χ3v) is 6.70. The summed E-state index contributed by atoms with van der Waals surface area (Å²) in [4.78, 5) is 22.4. The van der Waals surface area contributed by atoms with E-state index in [1.54, 1.807) is 23.2 Å². The molecule has 1 amide bonds. The van der Waals surface area contributed by atoms with Gasteiger partial charge in [0.05, 0.1) is 33.6 Å². The third kappa shape index (κ3) is 7.16. The first-order valence-electron chi connectivity index (χ1n) is 13.0. The molecule has 2 aromatic carbocycles. The number of ether oxygens (including phenoxy) is 4. The summed E-state index contributed by atoms with van der Waals surface area (Å²) in [7, 11) is 4.61. The lowest BCUT2D eigenvalue weighted by Crippen LogP contribution is -2.33. The Morgan fingerprint density at radius 1 is 0.895 bits per heavy atom. The number of piperidine rings is 1. The Balaban J connectivity index is 1.49. The molecule has 3 aromatic rings. The Morgan fingerprint density at radius 3 is 2.21 bits per heavy atom. The van der Waals surface area contributed by atoms with E-state index in [9.17, 15) is 4.79 Å². The van der Waals surface area contributed by atoms with Crippen LogP contribution < -0.4 is 18.9 Å². The predicted octanol–water partition coefficient (Wildman–Crippen LogP) is 4.81. The van der Waals surface area contributed by atoms with E-state index in [0.29, 0.717) is 42.5 Å². The number of methoxy groups -OCH3 is 3. The number of likely N-dealkylation sites (tertiary alicyclic amines) is 1. The number of aromatic nitrogens is 1. The first kappa shape index (κ1) is 27.3. The fourth-order valence-electron chi connectivity index (χ4n) is 4.66. The molecule has 0 aliphatic carbocycles. The number of rotatable bonds is 12. The quantitative estimate of drug-likeness (QED) is 0.340. The standard InChI is InChI=1S/C30H37N3O5/c1-35-27-19-24(20-28(36-2)29(27)37-3)30(34)33(22-25-9-5-6-14-31-25)21-23-10-12-26(13-11-23)38-18-17-32-15-7-4-8-16-32/h5-6,9-14,19-20H,4,7-8,15-18,21-22H2,1-3H3. The lowest BCUT2D eigenvalue weighted by molar-refractivity contribution is 0.0727. The molecular weight excluding hydrogens is 482 g/mol. The van der Waals surface area contributed by atoms with Crippen molar-refractivity contribution in [2.75, 3.05) is 47.6 Å². The third-order valence-electron chi connectivity index (χ3n) is 6.70. The molecule has 8 heteroatoms. The Kier molecular flexibility index (Phi) is 9.81. The van der Waals surface area contributed by atoms with Gasteiger partial charge in [-0.25, -0.2) is 0 Å². The fourth-order valence-corrected chi connectivity index (χ4v) is 4.66. The minimum atomic E-state index is -0.170. The van der Waals surface area contributed by atoms with E-state index < -0.39 is 0 Å². The Bertz CT molecular complexity index is 1140. The van der Waals surface area contributed by atoms with Crippen molar-refractivity contribution < 1.29 is 23.7 Å². The number of amides is 1. The van der Waals surface area contributed by atoms with Gasteiger partial charge in [-0.3, -0.25) is 14.7 Å². The molecule has 0 radical (unpaired) electrons. The number of carbonyl (C=O) groups is 1. The van der Waals surface area contributed by atoms with Crippen molar-refractivity contribution in [3.63, 3.8) is 0 Å². The molecule has 2 heterocycles. The van der Waals surface area contributed by atoms with E-state index in [1.807, 2.05) is 42.5 Å². The smallest absolute Gasteiger partial charge is 0.254 e. The van der Waals surface area contributed by atoms with Gasteiger partial charge in [-0.1, -0.05) is 24.6 Å². The van der Waals surface area contributed by atoms with Gasteiger partial charge >= 0.3 is 0 Å². The van der Waals surface area contributed by atoms with Gasteiger partial charge in [0, 0.05) is 24.8 Å². The summed E-state index contributed by atoms with van der Waals surface area (Å²) in [5.74, 6) is 1.96. The van der Waals surface area contributed by atoms with Crippen LogP contribution in [0.2, 0.25) is 0 Å². The Morgan fingerprint density at radius 2 is 1.61 bits per heavy atom. The lowest BCUT2D eigenvalue weighted by Gasteiger charge is -2.26. The molecule has 0 spiro atoms. The van der Waals surface area contributed by atoms with Crippen LogP contribution in [0.3, 0.4) is 0 Å². The molecular formula is C30H37N3O5. The van der Waals surface area contributed by atoms with Crippen LogP contribution in [0.15, 0.2) is 60.8 Å². The highest BCUT2D eigenvalue weighted by Crippen LogP contribution is 2.38. The zero-order chi connectivity index (χ0) is 26.7. The van der Waals surface area contributed by atoms with Crippen LogP contribution in [0.25, 0.3) is 0 Å². The van der Waals surface area contributed by atoms with Crippen molar-refractivity contribution in [2.45, 2.75) is 32.4 Å². The van der Waals surface area contributed by atoms with Gasteiger partial charge in [-0.15, -0.1) is 0 Å². The van der Waals surface area contributed by atoms with Crippen LogP contribution in [0.4, 0.5) is 0 Å². The van der Waals surface area contributed by atoms with E-state index in [0.717, 1.165) is 36.6 Å². The number of nitrogens with zero attached hydrogens (tertiary/aromatic N) is 3. The second-order valence-electron chi connectivity index (χ2n) is 9.29. The number of carbonyl (C=O) groups excluding carboxylic acids is 1. The average molecular weight is 520 g/mol. The van der Waals surface area contributed by atoms with E-state index >= 15 is 0 Å². The van der Waals surface area contributed by atoms with Crippen LogP contribution >= 0.6 is 0 Å². The molecule has 1 fully saturated rings. The van der Waals surface area contributed by atoms with Crippen molar-refractivity contribution in [2.24, 2.45) is 0 Å². The van der Waals surface area contributed by atoms with Crippen LogP contribution in [0, 0.1) is 0 Å². The highest BCUT2D eigenvalue weighted by atomic mass is 16.5. The number of benzene rings is 2. The van der Waals surface area contributed by atoms with E-state index in [-0.39, 0.29) is 5.91 Å². The molecule has 1 aliphatic heterocycles. The molecule has 0 saturated carbocycles. The topological polar surface area (TPSA) is 73.4 Å². The fraction of sp³-hybridized carbons (Fsp3) is 0.400. The Labute approximate surface area is 225 Å². The largest absolute Gasteiger partial charge is 0.493 e. The molecule has 1 aliphatic rings. The van der Waals surface area contributed by atoms with Gasteiger partial charge < -0.3 is 23.8 Å². The maximum atomic E-state index is 13.8. The normalized spacial score (nSPS) is 13.6. The molecule has 1 saturated heterocycles. The van der Waals surface area contributed by atoms with Crippen LogP contribution in [0.1, 0.15) is 40.9 Å². The number of pyridine rings is 1. The molecule has 0 atom stereocenters. The van der Waals surface area contributed by atoms with Crippen molar-refractivity contribution in [1.29, 1.82) is 0 Å². The van der Waals surface area contributed by atoms with Crippen molar-refractivity contribution in [1.82, 2.24) is 14.8 Å². The average Bonchev–Trinajstić information content (AvgIpc) is 2.97. The molecule has 1 aromatic heterocycles. The van der Waals surface area contributed by atoms with Gasteiger partial charge in [-0.05, 0) is 67.9 Å². The van der Waals surface area contributed by atoms with E-state index in [1.165, 1.54) is 40.6 Å². The monoisotopic (exact) mass is 519 g/mol. The SMILES string of the molecule is COc1cc(C(=O)N(Cc2ccc(OCCN3CCCCC3)cc2)Cc2ccccn2)cc(OC)c1OC. The predicted molar refractivity (Wildman–Crippen MR) is 146 cm³/mol. The number of hydrogen-bond donors (Lipinski definition) is 0. The molecule has 38 heavy (non-hydrogen) atoms. The van der Waals surface area contributed by atoms with Crippen LogP contribution in [-0.4, -0.2) is 68.3 Å². The van der Waals surface area contributed by atoms with Gasteiger partial charge in [0.1, 0.15) is 12.4 Å². The minimum absolute atomic E-state index is 0.170. The molecule has 8 nitrogen and oxygen atoms in total. The maximum Gasteiger partial charge on any atom is 0.254 e. The molecule has 4 rings (SSSR count). The molecule has 0 bridgehead atoms. The molecule has 0 unspecified atom stereocenters. The minimum Gasteiger partial charge on any atom is -0.493 e. The first-order chi connectivity index (χ1) is 18.6. The van der Waals surface area contributed by atoms with Crippen molar-refractivity contribution >= 4 is 5.91 Å². The summed E-state index contributed by atoms with van der Waals surface area (Å²) in [6.07, 6.45) is 5.61. The van der Waals surface area contributed by atoms with E-state index in [4.69, 9.17) is 18.9 Å². The molecule has 202 valence electrons. The van der Waals surface area contributed by atoms with Gasteiger partial charge in [0.2, 0.25) is 5.75 Å².